The summed E-state index contributed by atoms with van der Waals surface area (Å²) < 4.78 is 27.6. The number of halogens is 2. The highest BCUT2D eigenvalue weighted by atomic mass is 19.3. The van der Waals surface area contributed by atoms with E-state index in [1.54, 1.807) is 6.07 Å². The van der Waals surface area contributed by atoms with Crippen LogP contribution in [0.1, 0.15) is 77.7 Å². The van der Waals surface area contributed by atoms with E-state index in [9.17, 15) is 13.6 Å². The van der Waals surface area contributed by atoms with Gasteiger partial charge in [0.05, 0.1) is 11.4 Å². The number of piperidine rings is 1. The van der Waals surface area contributed by atoms with E-state index in [4.69, 9.17) is 4.99 Å². The first-order valence-electron chi connectivity index (χ1n) is 16.2. The van der Waals surface area contributed by atoms with Gasteiger partial charge < -0.3 is 10.2 Å². The Balaban J connectivity index is 1.23. The highest BCUT2D eigenvalue weighted by Crippen LogP contribution is 2.56. The number of hydrogen-bond acceptors (Lipinski definition) is 4. The second-order valence-electron chi connectivity index (χ2n) is 13.0. The highest BCUT2D eigenvalue weighted by molar-refractivity contribution is 6.14. The number of rotatable bonds is 7. The fourth-order valence-electron chi connectivity index (χ4n) is 6.65. The van der Waals surface area contributed by atoms with Crippen LogP contribution in [-0.2, 0) is 0 Å². The number of hydrogen-bond donors (Lipinski definition) is 1. The number of allylic oxidation sites excluding steroid dienone is 2. The fourth-order valence-corrected chi connectivity index (χ4v) is 6.65. The Morgan fingerprint density at radius 2 is 1.52 bits per heavy atom. The van der Waals surface area contributed by atoms with Gasteiger partial charge in [-0.2, -0.15) is 0 Å². The molecule has 4 aromatic rings. The van der Waals surface area contributed by atoms with Crippen molar-refractivity contribution in [2.45, 2.75) is 57.8 Å². The monoisotopic (exact) mass is 616 g/mol. The van der Waals surface area contributed by atoms with E-state index >= 15 is 0 Å². The molecule has 0 bridgehead atoms. The minimum atomic E-state index is -2.64. The summed E-state index contributed by atoms with van der Waals surface area (Å²) in [6.07, 6.45) is 7.59. The minimum Gasteiger partial charge on any atom is -0.356 e. The molecule has 3 aromatic carbocycles. The number of aromatic nitrogens is 1. The van der Waals surface area contributed by atoms with Gasteiger partial charge in [-0.05, 0) is 79.8 Å². The lowest BCUT2D eigenvalue weighted by Gasteiger charge is -2.32. The lowest BCUT2D eigenvalue weighted by atomic mass is 9.83. The third kappa shape index (κ3) is 6.64. The van der Waals surface area contributed by atoms with Crippen molar-refractivity contribution in [3.05, 3.63) is 125 Å². The maximum atomic E-state index is 14.0. The zero-order valence-electron chi connectivity index (χ0n) is 26.1. The van der Waals surface area contributed by atoms with Crippen molar-refractivity contribution < 1.29 is 13.6 Å². The molecule has 1 saturated heterocycles. The molecule has 234 valence electrons. The highest BCUT2D eigenvalue weighted by Gasteiger charge is 2.43. The van der Waals surface area contributed by atoms with Crippen LogP contribution in [0.4, 0.5) is 26.0 Å². The SMILES string of the molecule is Cc1cc(NC(=O)c2ccc(N=C(c3ccccc3)c3ccccc3)cc2C2=CCC3(CC2)CC3)cc(N2CCC(F)(F)CC2)n1. The number of aliphatic imine (C=N–C) groups is 1. The number of carbonyl (C=O) groups excluding carboxylic acids is 1. The summed E-state index contributed by atoms with van der Waals surface area (Å²) in [6.45, 7) is 2.31. The summed E-state index contributed by atoms with van der Waals surface area (Å²) in [4.78, 5) is 25.6. The Labute approximate surface area is 269 Å². The van der Waals surface area contributed by atoms with Crippen LogP contribution in [0.15, 0.2) is 102 Å². The summed E-state index contributed by atoms with van der Waals surface area (Å²) in [5.74, 6) is -2.25. The number of nitrogens with zero attached hydrogens (tertiary/aromatic N) is 3. The van der Waals surface area contributed by atoms with Crippen molar-refractivity contribution >= 4 is 34.4 Å². The number of nitrogens with one attached hydrogen (secondary N) is 1. The van der Waals surface area contributed by atoms with Gasteiger partial charge >= 0.3 is 0 Å². The van der Waals surface area contributed by atoms with Gasteiger partial charge in [-0.15, -0.1) is 0 Å². The van der Waals surface area contributed by atoms with Gasteiger partial charge in [-0.1, -0.05) is 66.7 Å². The van der Waals surface area contributed by atoms with E-state index in [2.05, 4.69) is 46.7 Å². The van der Waals surface area contributed by atoms with Crippen molar-refractivity contribution in [3.8, 4) is 0 Å². The molecule has 7 rings (SSSR count). The first kappa shape index (κ1) is 30.0. The zero-order chi connectivity index (χ0) is 31.7. The molecular weight excluding hydrogens is 578 g/mol. The van der Waals surface area contributed by atoms with Gasteiger partial charge in [-0.3, -0.25) is 4.79 Å². The third-order valence-corrected chi connectivity index (χ3v) is 9.61. The van der Waals surface area contributed by atoms with Crippen LogP contribution in [-0.4, -0.2) is 35.6 Å². The predicted octanol–water partition coefficient (Wildman–Crippen LogP) is 9.39. The molecule has 2 aliphatic carbocycles. The molecule has 1 N–H and O–H groups in total. The normalized spacial score (nSPS) is 18.1. The molecule has 0 atom stereocenters. The number of pyridine rings is 1. The lowest BCUT2D eigenvalue weighted by Crippen LogP contribution is -2.39. The van der Waals surface area contributed by atoms with Gasteiger partial charge in [0.25, 0.3) is 11.8 Å². The topological polar surface area (TPSA) is 57.6 Å². The van der Waals surface area contributed by atoms with E-state index in [1.165, 1.54) is 18.4 Å². The number of aryl methyl sites for hydroxylation is 1. The standard InChI is InChI=1S/C39H38F2N4O/c1-27-24-32(26-35(42-27)45-22-20-39(40,41)21-23-45)44-37(46)33-13-12-31(25-34(33)28-14-16-38(17-15-28)18-19-38)43-36(29-8-4-2-5-9-29)30-10-6-3-7-11-30/h2-14,24-26H,15-23H2,1H3,(H,42,44,46). The lowest BCUT2D eigenvalue weighted by molar-refractivity contribution is -0.0221. The number of anilines is 2. The molecule has 1 saturated carbocycles. The van der Waals surface area contributed by atoms with Gasteiger partial charge in [0.1, 0.15) is 5.82 Å². The van der Waals surface area contributed by atoms with Crippen molar-refractivity contribution in [2.75, 3.05) is 23.3 Å². The zero-order valence-corrected chi connectivity index (χ0v) is 26.1. The molecule has 1 aromatic heterocycles. The Morgan fingerprint density at radius 1 is 0.848 bits per heavy atom. The van der Waals surface area contributed by atoms with E-state index in [1.807, 2.05) is 66.4 Å². The Hall–Kier alpha value is -4.65. The molecule has 1 aliphatic heterocycles. The molecule has 2 fully saturated rings. The van der Waals surface area contributed by atoms with Crippen LogP contribution >= 0.6 is 0 Å². The molecule has 0 unspecified atom stereocenters. The van der Waals surface area contributed by atoms with Crippen LogP contribution in [0, 0.1) is 12.3 Å². The molecular formula is C39H38F2N4O. The first-order valence-corrected chi connectivity index (χ1v) is 16.2. The molecule has 1 amide bonds. The average Bonchev–Trinajstić information content (AvgIpc) is 3.82. The molecule has 7 heteroatoms. The average molecular weight is 617 g/mol. The van der Waals surface area contributed by atoms with Crippen molar-refractivity contribution in [1.29, 1.82) is 0 Å². The van der Waals surface area contributed by atoms with Crippen molar-refractivity contribution in [3.63, 3.8) is 0 Å². The van der Waals surface area contributed by atoms with E-state index in [0.717, 1.165) is 47.4 Å². The predicted molar refractivity (Wildman–Crippen MR) is 181 cm³/mol. The largest absolute Gasteiger partial charge is 0.356 e. The van der Waals surface area contributed by atoms with Crippen molar-refractivity contribution in [2.24, 2.45) is 10.4 Å². The fraction of sp³-hybridized carbons (Fsp3) is 0.308. The van der Waals surface area contributed by atoms with Crippen LogP contribution in [0.5, 0.6) is 0 Å². The Kier molecular flexibility index (Phi) is 8.01. The molecule has 1 spiro atoms. The van der Waals surface area contributed by atoms with Crippen LogP contribution in [0.3, 0.4) is 0 Å². The van der Waals surface area contributed by atoms with Gasteiger partial charge in [0.2, 0.25) is 0 Å². The maximum Gasteiger partial charge on any atom is 0.256 e. The first-order chi connectivity index (χ1) is 22.3. The second-order valence-corrected chi connectivity index (χ2v) is 13.0. The number of alkyl halides is 2. The van der Waals surface area contributed by atoms with Gasteiger partial charge in [-0.25, -0.2) is 18.8 Å². The molecule has 2 heterocycles. The van der Waals surface area contributed by atoms with Gasteiger partial charge in [0, 0.05) is 60.1 Å². The summed E-state index contributed by atoms with van der Waals surface area (Å²) in [5, 5.41) is 3.10. The Morgan fingerprint density at radius 3 is 2.13 bits per heavy atom. The maximum absolute atomic E-state index is 14.0. The number of amides is 1. The van der Waals surface area contributed by atoms with E-state index in [0.29, 0.717) is 28.2 Å². The van der Waals surface area contributed by atoms with Crippen LogP contribution < -0.4 is 10.2 Å². The second kappa shape index (κ2) is 12.3. The van der Waals surface area contributed by atoms with E-state index in [-0.39, 0.29) is 31.8 Å². The molecule has 3 aliphatic rings. The molecule has 46 heavy (non-hydrogen) atoms. The molecule has 0 radical (unpaired) electrons. The van der Waals surface area contributed by atoms with Crippen molar-refractivity contribution in [1.82, 2.24) is 4.98 Å². The van der Waals surface area contributed by atoms with Crippen LogP contribution in [0.25, 0.3) is 5.57 Å². The third-order valence-electron chi connectivity index (χ3n) is 9.61. The molecule has 5 nitrogen and oxygen atoms in total. The summed E-state index contributed by atoms with van der Waals surface area (Å²) in [6, 6.07) is 29.7. The van der Waals surface area contributed by atoms with Crippen LogP contribution in [0.2, 0.25) is 0 Å². The summed E-state index contributed by atoms with van der Waals surface area (Å²) >= 11 is 0. The number of benzene rings is 3. The van der Waals surface area contributed by atoms with Gasteiger partial charge in [0.15, 0.2) is 0 Å². The number of carbonyl (C=O) groups is 1. The summed E-state index contributed by atoms with van der Waals surface area (Å²) in [5.41, 5.74) is 8.14. The smallest absolute Gasteiger partial charge is 0.256 e. The minimum absolute atomic E-state index is 0.199. The Bertz CT molecular complexity index is 1760. The van der Waals surface area contributed by atoms with E-state index < -0.39 is 5.92 Å². The summed E-state index contributed by atoms with van der Waals surface area (Å²) in [7, 11) is 0. The quantitative estimate of drug-likeness (QED) is 0.211.